The van der Waals surface area contributed by atoms with Gasteiger partial charge in [-0.1, -0.05) is 53.6 Å². The Kier molecular flexibility index (Phi) is 8.34. The summed E-state index contributed by atoms with van der Waals surface area (Å²) in [5, 5.41) is 2.86. The van der Waals surface area contributed by atoms with Gasteiger partial charge in [-0.3, -0.25) is 9.10 Å². The third-order valence-electron chi connectivity index (χ3n) is 5.58. The Morgan fingerprint density at radius 2 is 1.47 bits per heavy atom. The molecule has 0 saturated carbocycles. The topological polar surface area (TPSA) is 75.7 Å². The highest BCUT2D eigenvalue weighted by Crippen LogP contribution is 2.33. The summed E-state index contributed by atoms with van der Waals surface area (Å²) in [5.74, 6) is 0.0107. The van der Waals surface area contributed by atoms with Crippen molar-refractivity contribution in [3.05, 3.63) is 89.0 Å². The minimum Gasteiger partial charge on any atom is -0.495 e. The molecule has 0 aliphatic carbocycles. The fourth-order valence-corrected chi connectivity index (χ4v) is 5.02. The molecule has 0 unspecified atom stereocenters. The number of hydrogen-bond donors (Lipinski definition) is 1. The smallest absolute Gasteiger partial charge is 0.264 e. The second-order valence-corrected chi connectivity index (χ2v) is 10.3. The molecule has 0 saturated heterocycles. The molecule has 3 aromatic rings. The Balaban J connectivity index is 1.78. The van der Waals surface area contributed by atoms with Crippen LogP contribution in [0.25, 0.3) is 0 Å². The van der Waals surface area contributed by atoms with Crippen LogP contribution >= 0.6 is 0 Å². The Hall–Kier alpha value is -3.32. The molecule has 1 N–H and O–H groups in total. The first kappa shape index (κ1) is 25.3. The number of carbonyl (C=O) groups excluding carboxylic acids is 1. The summed E-state index contributed by atoms with van der Waals surface area (Å²) in [6, 6.07) is 20.1. The number of rotatable bonds is 10. The Labute approximate surface area is 202 Å². The van der Waals surface area contributed by atoms with E-state index < -0.39 is 10.0 Å². The first-order valence-electron chi connectivity index (χ1n) is 11.3. The molecule has 3 aromatic carbocycles. The van der Waals surface area contributed by atoms with Gasteiger partial charge in [0, 0.05) is 6.54 Å². The third kappa shape index (κ3) is 6.38. The van der Waals surface area contributed by atoms with Crippen LogP contribution in [-0.4, -0.2) is 34.5 Å². The molecule has 0 radical (unpaired) electrons. The Morgan fingerprint density at radius 3 is 2.09 bits per heavy atom. The van der Waals surface area contributed by atoms with Crippen LogP contribution in [0.2, 0.25) is 0 Å². The van der Waals surface area contributed by atoms with Crippen LogP contribution in [0.5, 0.6) is 5.75 Å². The van der Waals surface area contributed by atoms with Gasteiger partial charge in [0.1, 0.15) is 12.3 Å². The molecule has 0 atom stereocenters. The monoisotopic (exact) mass is 480 g/mol. The Bertz CT molecular complexity index is 1220. The zero-order chi connectivity index (χ0) is 24.7. The van der Waals surface area contributed by atoms with Crippen LogP contribution in [0.3, 0.4) is 0 Å². The molecule has 0 fully saturated rings. The highest BCUT2D eigenvalue weighted by Gasteiger charge is 2.29. The zero-order valence-electron chi connectivity index (χ0n) is 20.2. The summed E-state index contributed by atoms with van der Waals surface area (Å²) in [6.45, 7) is 5.91. The maximum Gasteiger partial charge on any atom is 0.264 e. The molecule has 3 rings (SSSR count). The molecular formula is C27H32N2O4S. The van der Waals surface area contributed by atoms with Crippen molar-refractivity contribution < 1.29 is 17.9 Å². The van der Waals surface area contributed by atoms with E-state index in [-0.39, 0.29) is 17.3 Å². The second-order valence-electron chi connectivity index (χ2n) is 8.44. The normalized spacial score (nSPS) is 11.2. The van der Waals surface area contributed by atoms with E-state index in [1.165, 1.54) is 18.2 Å². The van der Waals surface area contributed by atoms with Crippen molar-refractivity contribution in [1.82, 2.24) is 5.32 Å². The van der Waals surface area contributed by atoms with Crippen LogP contribution in [0.4, 0.5) is 5.69 Å². The minimum atomic E-state index is -4.00. The lowest BCUT2D eigenvalue weighted by atomic mass is 10.1. The average Bonchev–Trinajstić information content (AvgIpc) is 2.81. The van der Waals surface area contributed by atoms with Gasteiger partial charge in [-0.2, -0.15) is 0 Å². The number of carbonyl (C=O) groups is 1. The van der Waals surface area contributed by atoms with Gasteiger partial charge >= 0.3 is 0 Å². The van der Waals surface area contributed by atoms with Crippen molar-refractivity contribution in [2.75, 3.05) is 24.5 Å². The molecule has 34 heavy (non-hydrogen) atoms. The summed E-state index contributed by atoms with van der Waals surface area (Å²) in [7, 11) is -2.52. The minimum absolute atomic E-state index is 0.119. The average molecular weight is 481 g/mol. The van der Waals surface area contributed by atoms with Crippen LogP contribution in [-0.2, 0) is 21.2 Å². The van der Waals surface area contributed by atoms with Crippen molar-refractivity contribution in [1.29, 1.82) is 0 Å². The fourth-order valence-electron chi connectivity index (χ4n) is 3.59. The number of benzene rings is 3. The van der Waals surface area contributed by atoms with E-state index in [0.29, 0.717) is 18.0 Å². The van der Waals surface area contributed by atoms with E-state index in [1.54, 1.807) is 36.4 Å². The van der Waals surface area contributed by atoms with Crippen molar-refractivity contribution in [3.8, 4) is 5.75 Å². The highest BCUT2D eigenvalue weighted by atomic mass is 32.2. The molecule has 7 heteroatoms. The van der Waals surface area contributed by atoms with Crippen molar-refractivity contribution >= 4 is 21.6 Å². The van der Waals surface area contributed by atoms with Gasteiger partial charge in [0.05, 0.1) is 17.7 Å². The third-order valence-corrected chi connectivity index (χ3v) is 7.36. The number of aryl methyl sites for hydroxylation is 4. The molecule has 0 aromatic heterocycles. The van der Waals surface area contributed by atoms with Crippen LogP contribution in [0, 0.1) is 20.8 Å². The number of nitrogens with zero attached hydrogens (tertiary/aromatic N) is 1. The number of amides is 1. The summed E-state index contributed by atoms with van der Waals surface area (Å²) in [4.78, 5) is 13.0. The van der Waals surface area contributed by atoms with E-state index >= 15 is 0 Å². The maximum atomic E-state index is 13.6. The summed E-state index contributed by atoms with van der Waals surface area (Å²) in [5.41, 5.74) is 4.55. The van der Waals surface area contributed by atoms with Gasteiger partial charge in [0.15, 0.2) is 0 Å². The quantitative estimate of drug-likeness (QED) is 0.432. The lowest BCUT2D eigenvalue weighted by Crippen LogP contribution is -2.41. The van der Waals surface area contributed by atoms with Gasteiger partial charge in [0.25, 0.3) is 10.0 Å². The lowest BCUT2D eigenvalue weighted by molar-refractivity contribution is -0.119. The molecule has 1 amide bonds. The van der Waals surface area contributed by atoms with Crippen LogP contribution in [0.1, 0.15) is 28.7 Å². The summed E-state index contributed by atoms with van der Waals surface area (Å²) in [6.07, 6.45) is 1.59. The van der Waals surface area contributed by atoms with Gasteiger partial charge < -0.3 is 10.1 Å². The van der Waals surface area contributed by atoms with E-state index in [9.17, 15) is 13.2 Å². The Morgan fingerprint density at radius 1 is 0.882 bits per heavy atom. The largest absolute Gasteiger partial charge is 0.495 e. The fraction of sp³-hybridized carbons (Fsp3) is 0.296. The van der Waals surface area contributed by atoms with E-state index in [0.717, 1.165) is 28.3 Å². The van der Waals surface area contributed by atoms with Gasteiger partial charge in [-0.25, -0.2) is 8.42 Å². The van der Waals surface area contributed by atoms with Crippen molar-refractivity contribution in [3.63, 3.8) is 0 Å². The molecule has 180 valence electrons. The number of ether oxygens (including phenoxy) is 1. The first-order chi connectivity index (χ1) is 16.2. The van der Waals surface area contributed by atoms with Crippen molar-refractivity contribution in [2.45, 2.75) is 38.5 Å². The predicted octanol–water partition coefficient (Wildman–Crippen LogP) is 4.56. The number of anilines is 1. The second kappa shape index (κ2) is 11.2. The van der Waals surface area contributed by atoms with Gasteiger partial charge in [0.2, 0.25) is 5.91 Å². The highest BCUT2D eigenvalue weighted by molar-refractivity contribution is 7.92. The molecule has 0 aliphatic rings. The van der Waals surface area contributed by atoms with Gasteiger partial charge in [-0.05, 0) is 69.0 Å². The lowest BCUT2D eigenvalue weighted by Gasteiger charge is -2.26. The first-order valence-corrected chi connectivity index (χ1v) is 12.7. The van der Waals surface area contributed by atoms with Crippen molar-refractivity contribution in [2.24, 2.45) is 0 Å². The van der Waals surface area contributed by atoms with E-state index in [4.69, 9.17) is 4.74 Å². The number of methoxy groups -OCH3 is 1. The summed E-state index contributed by atoms with van der Waals surface area (Å²) < 4.78 is 33.7. The number of nitrogens with one attached hydrogen (secondary N) is 1. The molecule has 0 heterocycles. The predicted molar refractivity (Wildman–Crippen MR) is 136 cm³/mol. The van der Waals surface area contributed by atoms with E-state index in [1.807, 2.05) is 26.8 Å². The SMILES string of the molecule is COc1ccc(C)cc1N(CC(=O)NCCCc1ccc(C)cc1)S(=O)(=O)c1ccc(C)cc1. The number of hydrogen-bond acceptors (Lipinski definition) is 4. The van der Waals surface area contributed by atoms with E-state index in [2.05, 4.69) is 29.6 Å². The molecule has 0 bridgehead atoms. The molecular weight excluding hydrogens is 448 g/mol. The number of sulfonamides is 1. The zero-order valence-corrected chi connectivity index (χ0v) is 21.0. The molecule has 0 spiro atoms. The van der Waals surface area contributed by atoms with Gasteiger partial charge in [-0.15, -0.1) is 0 Å². The summed E-state index contributed by atoms with van der Waals surface area (Å²) >= 11 is 0. The van der Waals surface area contributed by atoms with Crippen LogP contribution in [0.15, 0.2) is 71.6 Å². The molecule has 6 nitrogen and oxygen atoms in total. The molecule has 0 aliphatic heterocycles. The standard InChI is InChI=1S/C27H32N2O4S/c1-20-7-12-23(13-8-20)6-5-17-28-27(30)19-29(25-18-22(3)11-16-26(25)33-4)34(31,32)24-14-9-21(2)10-15-24/h7-16,18H,5-6,17,19H2,1-4H3,(H,28,30). The maximum absolute atomic E-state index is 13.6. The van der Waals surface area contributed by atoms with Crippen LogP contribution < -0.4 is 14.4 Å².